The molecule has 0 radical (unpaired) electrons. The van der Waals surface area contributed by atoms with Crippen LogP contribution in [0.1, 0.15) is 18.4 Å². The molecule has 1 fully saturated rings. The van der Waals surface area contributed by atoms with Crippen molar-refractivity contribution in [3.05, 3.63) is 52.7 Å². The molecule has 0 spiro atoms. The van der Waals surface area contributed by atoms with Crippen molar-refractivity contribution in [2.45, 2.75) is 12.8 Å². The Labute approximate surface area is 173 Å². The Morgan fingerprint density at radius 1 is 1.40 bits per heavy atom. The van der Waals surface area contributed by atoms with Crippen molar-refractivity contribution in [1.82, 2.24) is 19.9 Å². The lowest BCUT2D eigenvalue weighted by Crippen LogP contribution is -2.17. The molecule has 1 saturated carbocycles. The molecule has 8 nitrogen and oxygen atoms in total. The van der Waals surface area contributed by atoms with E-state index >= 15 is 0 Å². The van der Waals surface area contributed by atoms with Crippen LogP contribution in [-0.2, 0) is 7.05 Å². The predicted molar refractivity (Wildman–Crippen MR) is 119 cm³/mol. The molecule has 1 aliphatic carbocycles. The highest BCUT2D eigenvalue weighted by molar-refractivity contribution is 6.10. The van der Waals surface area contributed by atoms with Gasteiger partial charge in [0.1, 0.15) is 5.69 Å². The molecular formula is C22H24N6O2. The summed E-state index contributed by atoms with van der Waals surface area (Å²) in [5, 5.41) is 11.9. The first kappa shape index (κ1) is 19.6. The summed E-state index contributed by atoms with van der Waals surface area (Å²) < 4.78 is 7.53. The molecule has 4 rings (SSSR count). The van der Waals surface area contributed by atoms with Crippen LogP contribution in [0.4, 0.5) is 5.95 Å². The number of aromatic nitrogens is 3. The van der Waals surface area contributed by atoms with Crippen LogP contribution < -0.4 is 21.3 Å². The summed E-state index contributed by atoms with van der Waals surface area (Å²) >= 11 is 0. The average molecular weight is 404 g/mol. The maximum absolute atomic E-state index is 12.8. The fraction of sp³-hybridized carbons (Fsp3) is 0.273. The number of allylic oxidation sites excluding steroid dienone is 1. The quantitative estimate of drug-likeness (QED) is 0.521. The highest BCUT2D eigenvalue weighted by Gasteiger charge is 2.23. The third-order valence-electron chi connectivity index (χ3n) is 5.17. The fourth-order valence-corrected chi connectivity index (χ4v) is 3.37. The van der Waals surface area contributed by atoms with Crippen molar-refractivity contribution in [3.8, 4) is 17.0 Å². The predicted octanol–water partition coefficient (Wildman–Crippen LogP) is 2.58. The summed E-state index contributed by atoms with van der Waals surface area (Å²) in [6, 6.07) is 5.50. The van der Waals surface area contributed by atoms with Gasteiger partial charge >= 0.3 is 0 Å². The smallest absolute Gasteiger partial charge is 0.258 e. The van der Waals surface area contributed by atoms with Crippen LogP contribution in [0.2, 0.25) is 0 Å². The second-order valence-corrected chi connectivity index (χ2v) is 7.45. The lowest BCUT2D eigenvalue weighted by Gasteiger charge is -2.14. The number of rotatable bonds is 7. The number of hydrogen-bond donors (Lipinski definition) is 3. The van der Waals surface area contributed by atoms with E-state index in [-0.39, 0.29) is 11.5 Å². The second-order valence-electron chi connectivity index (χ2n) is 7.45. The summed E-state index contributed by atoms with van der Waals surface area (Å²) in [4.78, 5) is 21.3. The van der Waals surface area contributed by atoms with E-state index in [9.17, 15) is 4.79 Å². The van der Waals surface area contributed by atoms with Gasteiger partial charge in [-0.15, -0.1) is 0 Å². The van der Waals surface area contributed by atoms with Crippen LogP contribution in [0.3, 0.4) is 0 Å². The number of pyridine rings is 1. The second kappa shape index (κ2) is 7.98. The molecule has 4 N–H and O–H groups in total. The van der Waals surface area contributed by atoms with E-state index < -0.39 is 0 Å². The Bertz CT molecular complexity index is 1210. The standard InChI is InChI=1S/C22H24N6O2/c1-25-9-15(8-23)14-5-6-16-17(7-14)18(11-28(2)21(16)29)20-19(10-26-22(24)27-20)30-12-13-3-4-13/h5-11,13,23,25H,3-4,12H2,1-2H3,(H2,24,26,27)/b15-9+,23-8?. The number of ether oxygens (including phenoxy) is 1. The van der Waals surface area contributed by atoms with Gasteiger partial charge in [0.25, 0.3) is 5.56 Å². The van der Waals surface area contributed by atoms with Crippen LogP contribution in [0.25, 0.3) is 27.6 Å². The number of fused-ring (bicyclic) bond motifs is 1. The Morgan fingerprint density at radius 2 is 2.20 bits per heavy atom. The minimum atomic E-state index is -0.114. The summed E-state index contributed by atoms with van der Waals surface area (Å²) in [7, 11) is 3.48. The summed E-state index contributed by atoms with van der Waals surface area (Å²) in [5.41, 5.74) is 8.55. The van der Waals surface area contributed by atoms with Crippen molar-refractivity contribution in [2.75, 3.05) is 19.4 Å². The molecule has 1 aromatic carbocycles. The molecule has 0 saturated heterocycles. The zero-order valence-corrected chi connectivity index (χ0v) is 17.0. The van der Waals surface area contributed by atoms with Crippen molar-refractivity contribution >= 4 is 28.5 Å². The van der Waals surface area contributed by atoms with Crippen LogP contribution in [0, 0.1) is 11.3 Å². The summed E-state index contributed by atoms with van der Waals surface area (Å²) in [6.07, 6.45) is 8.67. The molecule has 2 aromatic heterocycles. The Hall–Kier alpha value is -3.68. The number of hydrogen-bond acceptors (Lipinski definition) is 7. The molecule has 0 aliphatic heterocycles. The third kappa shape index (κ3) is 3.76. The van der Waals surface area contributed by atoms with Crippen LogP contribution >= 0.6 is 0 Å². The molecule has 0 unspecified atom stereocenters. The van der Waals surface area contributed by atoms with Crippen LogP contribution in [-0.4, -0.2) is 34.4 Å². The van der Waals surface area contributed by atoms with Crippen molar-refractivity contribution < 1.29 is 4.74 Å². The topological polar surface area (TPSA) is 119 Å². The number of nitrogens with two attached hydrogens (primary N) is 1. The molecule has 8 heteroatoms. The number of nitrogens with one attached hydrogen (secondary N) is 2. The van der Waals surface area contributed by atoms with Gasteiger partial charge in [0.15, 0.2) is 5.75 Å². The third-order valence-corrected chi connectivity index (χ3v) is 5.17. The minimum Gasteiger partial charge on any atom is -0.489 e. The first-order valence-corrected chi connectivity index (χ1v) is 9.79. The van der Waals surface area contributed by atoms with E-state index in [1.165, 1.54) is 23.6 Å². The average Bonchev–Trinajstić information content (AvgIpc) is 3.58. The van der Waals surface area contributed by atoms with Gasteiger partial charge in [0.2, 0.25) is 5.95 Å². The Morgan fingerprint density at radius 3 is 2.90 bits per heavy atom. The van der Waals surface area contributed by atoms with E-state index in [0.29, 0.717) is 40.3 Å². The van der Waals surface area contributed by atoms with E-state index in [2.05, 4.69) is 15.3 Å². The first-order valence-electron chi connectivity index (χ1n) is 9.79. The number of aryl methyl sites for hydroxylation is 1. The summed E-state index contributed by atoms with van der Waals surface area (Å²) in [6.45, 7) is 0.609. The molecule has 3 aromatic rings. The van der Waals surface area contributed by atoms with Crippen LogP contribution in [0.15, 0.2) is 41.6 Å². The molecule has 154 valence electrons. The van der Waals surface area contributed by atoms with Gasteiger partial charge in [-0.3, -0.25) is 4.79 Å². The fourth-order valence-electron chi connectivity index (χ4n) is 3.37. The maximum atomic E-state index is 12.8. The zero-order chi connectivity index (χ0) is 21.3. The van der Waals surface area contributed by atoms with Gasteiger partial charge in [-0.25, -0.2) is 9.97 Å². The molecule has 1 aliphatic rings. The van der Waals surface area contributed by atoms with Gasteiger partial charge in [-0.2, -0.15) is 0 Å². The SMILES string of the molecule is CN/C=C(\C=N)c1ccc2c(=O)n(C)cc(-c3nc(N)ncc3OCC3CC3)c2c1. The van der Waals surface area contributed by atoms with Crippen molar-refractivity contribution in [1.29, 1.82) is 5.41 Å². The molecule has 0 amide bonds. The van der Waals surface area contributed by atoms with E-state index in [1.54, 1.807) is 38.8 Å². The Balaban J connectivity index is 1.95. The van der Waals surface area contributed by atoms with E-state index in [1.807, 2.05) is 12.1 Å². The molecule has 30 heavy (non-hydrogen) atoms. The minimum absolute atomic E-state index is 0.114. The van der Waals surface area contributed by atoms with Gasteiger partial charge in [-0.1, -0.05) is 6.07 Å². The number of nitrogens with zero attached hydrogens (tertiary/aromatic N) is 3. The van der Waals surface area contributed by atoms with Gasteiger partial charge in [0, 0.05) is 49.2 Å². The zero-order valence-electron chi connectivity index (χ0n) is 17.0. The number of benzene rings is 1. The number of anilines is 1. The Kier molecular flexibility index (Phi) is 5.22. The number of nitrogen functional groups attached to an aromatic ring is 1. The maximum Gasteiger partial charge on any atom is 0.258 e. The van der Waals surface area contributed by atoms with E-state index in [0.717, 1.165) is 11.1 Å². The highest BCUT2D eigenvalue weighted by atomic mass is 16.5. The van der Waals surface area contributed by atoms with Gasteiger partial charge < -0.3 is 25.8 Å². The summed E-state index contributed by atoms with van der Waals surface area (Å²) in [5.74, 6) is 1.25. The molecular weight excluding hydrogens is 380 g/mol. The molecule has 2 heterocycles. The van der Waals surface area contributed by atoms with Crippen LogP contribution in [0.5, 0.6) is 5.75 Å². The lowest BCUT2D eigenvalue weighted by atomic mass is 9.98. The monoisotopic (exact) mass is 404 g/mol. The van der Waals surface area contributed by atoms with Gasteiger partial charge in [0.05, 0.1) is 12.8 Å². The lowest BCUT2D eigenvalue weighted by molar-refractivity contribution is 0.299. The molecule has 0 atom stereocenters. The van der Waals surface area contributed by atoms with Crippen molar-refractivity contribution in [3.63, 3.8) is 0 Å². The normalized spacial score (nSPS) is 14.0. The first-order chi connectivity index (χ1) is 14.5. The van der Waals surface area contributed by atoms with E-state index in [4.69, 9.17) is 15.9 Å². The molecule has 0 bridgehead atoms. The van der Waals surface area contributed by atoms with Gasteiger partial charge in [-0.05, 0) is 41.8 Å². The van der Waals surface area contributed by atoms with Crippen molar-refractivity contribution in [2.24, 2.45) is 13.0 Å². The largest absolute Gasteiger partial charge is 0.489 e. The highest BCUT2D eigenvalue weighted by Crippen LogP contribution is 2.35.